The number of benzene rings is 2. The van der Waals surface area contributed by atoms with E-state index in [9.17, 15) is 31.5 Å². The molecule has 1 N–H and O–H groups in total. The topological polar surface area (TPSA) is 55.4 Å². The maximum Gasteiger partial charge on any atom is 0.416 e. The first-order valence-electron chi connectivity index (χ1n) is 7.66. The van der Waals surface area contributed by atoms with Gasteiger partial charge in [-0.2, -0.15) is 13.2 Å². The van der Waals surface area contributed by atoms with Crippen LogP contribution in [0.15, 0.2) is 42.5 Å². The summed E-state index contributed by atoms with van der Waals surface area (Å²) in [5, 5.41) is 2.34. The molecule has 2 rings (SSSR count). The van der Waals surface area contributed by atoms with Gasteiger partial charge in [0.05, 0.1) is 17.2 Å². The van der Waals surface area contributed by atoms with Crippen LogP contribution >= 0.6 is 0 Å². The van der Waals surface area contributed by atoms with Crippen molar-refractivity contribution < 1.29 is 36.3 Å². The number of carbonyl (C=O) groups is 2. The second-order valence-electron chi connectivity index (χ2n) is 5.61. The minimum atomic E-state index is -4.62. The molecule has 0 heterocycles. The van der Waals surface area contributed by atoms with Crippen LogP contribution in [0.2, 0.25) is 0 Å². The number of nitrogens with one attached hydrogen (secondary N) is 1. The van der Waals surface area contributed by atoms with E-state index < -0.39 is 47.9 Å². The lowest BCUT2D eigenvalue weighted by atomic mass is 10.1. The SMILES string of the molecule is C[C@H](NC(=O)COC(=O)c1cccc(C(F)(F)F)c1)c1ccc(F)cc1F. The largest absolute Gasteiger partial charge is 0.452 e. The van der Waals surface area contributed by atoms with Gasteiger partial charge in [-0.15, -0.1) is 0 Å². The van der Waals surface area contributed by atoms with Gasteiger partial charge < -0.3 is 10.1 Å². The average Bonchev–Trinajstić information content (AvgIpc) is 2.58. The minimum Gasteiger partial charge on any atom is -0.452 e. The Morgan fingerprint density at radius 3 is 2.44 bits per heavy atom. The molecule has 2 aromatic rings. The molecule has 1 amide bonds. The number of esters is 1. The van der Waals surface area contributed by atoms with Crippen LogP contribution in [0.1, 0.15) is 34.5 Å². The third-order valence-corrected chi connectivity index (χ3v) is 3.57. The van der Waals surface area contributed by atoms with Crippen LogP contribution in [0.4, 0.5) is 22.0 Å². The fourth-order valence-corrected chi connectivity index (χ4v) is 2.25. The van der Waals surface area contributed by atoms with Crippen LogP contribution < -0.4 is 5.32 Å². The molecule has 0 fully saturated rings. The molecule has 144 valence electrons. The molecule has 0 aromatic heterocycles. The maximum absolute atomic E-state index is 13.7. The zero-order chi connectivity index (χ0) is 20.2. The van der Waals surface area contributed by atoms with E-state index in [1.54, 1.807) is 0 Å². The van der Waals surface area contributed by atoms with Gasteiger partial charge in [-0.1, -0.05) is 12.1 Å². The molecule has 4 nitrogen and oxygen atoms in total. The molecule has 2 aromatic carbocycles. The summed E-state index contributed by atoms with van der Waals surface area (Å²) in [6, 6.07) is 5.56. The number of hydrogen-bond donors (Lipinski definition) is 1. The van der Waals surface area contributed by atoms with Gasteiger partial charge in [-0.3, -0.25) is 4.79 Å². The normalized spacial score (nSPS) is 12.4. The first-order valence-corrected chi connectivity index (χ1v) is 7.66. The van der Waals surface area contributed by atoms with Crippen molar-refractivity contribution in [1.29, 1.82) is 0 Å². The summed E-state index contributed by atoms with van der Waals surface area (Å²) in [6.07, 6.45) is -4.62. The summed E-state index contributed by atoms with van der Waals surface area (Å²) < 4.78 is 69.1. The Labute approximate surface area is 150 Å². The van der Waals surface area contributed by atoms with Crippen molar-refractivity contribution in [2.24, 2.45) is 0 Å². The van der Waals surface area contributed by atoms with E-state index in [1.165, 1.54) is 6.92 Å². The van der Waals surface area contributed by atoms with Crippen molar-refractivity contribution >= 4 is 11.9 Å². The third kappa shape index (κ3) is 5.50. The molecule has 0 spiro atoms. The standard InChI is InChI=1S/C18H14F5NO3/c1-10(14-6-5-13(19)8-15(14)20)24-16(25)9-27-17(26)11-3-2-4-12(7-11)18(21,22)23/h2-8,10H,9H2,1H3,(H,24,25)/t10-/m0/s1. The van der Waals surface area contributed by atoms with Gasteiger partial charge in [0.2, 0.25) is 0 Å². The monoisotopic (exact) mass is 387 g/mol. The number of alkyl halides is 3. The summed E-state index contributed by atoms with van der Waals surface area (Å²) in [5.74, 6) is -3.54. The Kier molecular flexibility index (Phi) is 6.14. The molecule has 0 aliphatic heterocycles. The minimum absolute atomic E-state index is 0.0222. The van der Waals surface area contributed by atoms with Gasteiger partial charge in [-0.05, 0) is 31.2 Å². The van der Waals surface area contributed by atoms with Crippen LogP contribution in [0, 0.1) is 11.6 Å². The highest BCUT2D eigenvalue weighted by Gasteiger charge is 2.31. The molecule has 1 atom stereocenters. The lowest BCUT2D eigenvalue weighted by Gasteiger charge is -2.15. The van der Waals surface area contributed by atoms with Crippen molar-refractivity contribution in [3.05, 3.63) is 70.8 Å². The van der Waals surface area contributed by atoms with Crippen molar-refractivity contribution in [3.8, 4) is 0 Å². The third-order valence-electron chi connectivity index (χ3n) is 3.57. The van der Waals surface area contributed by atoms with Crippen molar-refractivity contribution in [1.82, 2.24) is 5.32 Å². The Morgan fingerprint density at radius 1 is 1.11 bits per heavy atom. The Hall–Kier alpha value is -2.97. The highest BCUT2D eigenvalue weighted by atomic mass is 19.4. The van der Waals surface area contributed by atoms with E-state index in [0.717, 1.165) is 30.3 Å². The van der Waals surface area contributed by atoms with Gasteiger partial charge in [0.25, 0.3) is 5.91 Å². The highest BCUT2D eigenvalue weighted by molar-refractivity contribution is 5.91. The molecule has 9 heteroatoms. The summed E-state index contributed by atoms with van der Waals surface area (Å²) in [5.41, 5.74) is -1.37. The lowest BCUT2D eigenvalue weighted by Crippen LogP contribution is -2.31. The number of amides is 1. The average molecular weight is 387 g/mol. The fraction of sp³-hybridized carbons (Fsp3) is 0.222. The molecular weight excluding hydrogens is 373 g/mol. The predicted octanol–water partition coefficient (Wildman–Crippen LogP) is 4.02. The van der Waals surface area contributed by atoms with Gasteiger partial charge in [-0.25, -0.2) is 13.6 Å². The molecule has 0 bridgehead atoms. The Morgan fingerprint density at radius 2 is 1.81 bits per heavy atom. The summed E-state index contributed by atoms with van der Waals surface area (Å²) >= 11 is 0. The molecule has 0 saturated heterocycles. The van der Waals surface area contributed by atoms with Gasteiger partial charge in [0, 0.05) is 11.6 Å². The van der Waals surface area contributed by atoms with Crippen LogP contribution in [-0.4, -0.2) is 18.5 Å². The summed E-state index contributed by atoms with van der Waals surface area (Å²) in [7, 11) is 0. The van der Waals surface area contributed by atoms with Crippen LogP contribution in [-0.2, 0) is 15.7 Å². The molecule has 27 heavy (non-hydrogen) atoms. The fourth-order valence-electron chi connectivity index (χ4n) is 2.25. The quantitative estimate of drug-likeness (QED) is 0.623. The summed E-state index contributed by atoms with van der Waals surface area (Å²) in [4.78, 5) is 23.6. The molecule has 0 aliphatic rings. The molecular formula is C18H14F5NO3. The first-order chi connectivity index (χ1) is 12.6. The number of carbonyl (C=O) groups excluding carboxylic acids is 2. The van der Waals surface area contributed by atoms with Gasteiger partial charge >= 0.3 is 12.1 Å². The van der Waals surface area contributed by atoms with E-state index in [4.69, 9.17) is 0 Å². The zero-order valence-corrected chi connectivity index (χ0v) is 13.9. The van der Waals surface area contributed by atoms with E-state index in [2.05, 4.69) is 10.1 Å². The molecule has 0 unspecified atom stereocenters. The maximum atomic E-state index is 13.7. The van der Waals surface area contributed by atoms with E-state index in [0.29, 0.717) is 12.1 Å². The Bertz CT molecular complexity index is 851. The number of hydrogen-bond acceptors (Lipinski definition) is 3. The molecule has 0 aliphatic carbocycles. The van der Waals surface area contributed by atoms with E-state index in [-0.39, 0.29) is 11.1 Å². The van der Waals surface area contributed by atoms with Crippen molar-refractivity contribution in [2.45, 2.75) is 19.1 Å². The van der Waals surface area contributed by atoms with Gasteiger partial charge in [0.15, 0.2) is 6.61 Å². The van der Waals surface area contributed by atoms with Gasteiger partial charge in [0.1, 0.15) is 11.6 Å². The smallest absolute Gasteiger partial charge is 0.416 e. The van der Waals surface area contributed by atoms with Crippen molar-refractivity contribution in [3.63, 3.8) is 0 Å². The van der Waals surface area contributed by atoms with E-state index in [1.807, 2.05) is 0 Å². The molecule has 0 saturated carbocycles. The van der Waals surface area contributed by atoms with Crippen LogP contribution in [0.3, 0.4) is 0 Å². The number of rotatable bonds is 5. The zero-order valence-electron chi connectivity index (χ0n) is 13.9. The highest BCUT2D eigenvalue weighted by Crippen LogP contribution is 2.29. The predicted molar refractivity (Wildman–Crippen MR) is 84.6 cm³/mol. The number of halogens is 5. The summed E-state index contributed by atoms with van der Waals surface area (Å²) in [6.45, 7) is 0.658. The lowest BCUT2D eigenvalue weighted by molar-refractivity contribution is -0.137. The second-order valence-corrected chi connectivity index (χ2v) is 5.61. The van der Waals surface area contributed by atoms with Crippen LogP contribution in [0.5, 0.6) is 0 Å². The first kappa shape index (κ1) is 20.3. The van der Waals surface area contributed by atoms with Crippen molar-refractivity contribution in [2.75, 3.05) is 6.61 Å². The second kappa shape index (κ2) is 8.15. The van der Waals surface area contributed by atoms with E-state index >= 15 is 0 Å². The Balaban J connectivity index is 1.94. The van der Waals surface area contributed by atoms with Crippen LogP contribution in [0.25, 0.3) is 0 Å². The number of ether oxygens (including phenoxy) is 1. The molecule has 0 radical (unpaired) electrons.